The third kappa shape index (κ3) is 4.98. The van der Waals surface area contributed by atoms with Crippen molar-refractivity contribution in [2.24, 2.45) is 0 Å². The topological polar surface area (TPSA) is 99.4 Å². The third-order valence-electron chi connectivity index (χ3n) is 8.03. The van der Waals surface area contributed by atoms with Crippen molar-refractivity contribution in [1.82, 2.24) is 24.4 Å². The maximum atomic E-state index is 16.1. The molecule has 0 radical (unpaired) electrons. The molecular weight excluding hydrogens is 552 g/mol. The molecule has 1 unspecified atom stereocenters. The van der Waals surface area contributed by atoms with Gasteiger partial charge < -0.3 is 15.3 Å². The van der Waals surface area contributed by atoms with Crippen molar-refractivity contribution in [2.75, 3.05) is 36.4 Å². The van der Waals surface area contributed by atoms with Gasteiger partial charge in [-0.15, -0.1) is 0 Å². The minimum Gasteiger partial charge on any atom is -0.381 e. The van der Waals surface area contributed by atoms with Gasteiger partial charge in [0.15, 0.2) is 11.5 Å². The number of aliphatic hydroxyl groups excluding tert-OH is 1. The summed E-state index contributed by atoms with van der Waals surface area (Å²) in [6.45, 7) is 11.2. The summed E-state index contributed by atoms with van der Waals surface area (Å²) in [4.78, 5) is 31.8. The summed E-state index contributed by atoms with van der Waals surface area (Å²) in [6, 6.07) is 7.38. The van der Waals surface area contributed by atoms with E-state index in [4.69, 9.17) is 4.98 Å². The highest BCUT2D eigenvalue weighted by molar-refractivity contribution is 5.92. The number of piperazine rings is 1. The van der Waals surface area contributed by atoms with Gasteiger partial charge in [0, 0.05) is 49.7 Å². The van der Waals surface area contributed by atoms with E-state index in [-0.39, 0.29) is 34.7 Å². The predicted molar refractivity (Wildman–Crippen MR) is 164 cm³/mol. The van der Waals surface area contributed by atoms with Crippen LogP contribution in [-0.4, -0.2) is 68.0 Å². The Morgan fingerprint density at radius 2 is 1.98 bits per heavy atom. The number of aliphatic hydroxyl groups is 1. The molecule has 0 amide bonds. The van der Waals surface area contributed by atoms with Crippen LogP contribution in [0.5, 0.6) is 0 Å². The van der Waals surface area contributed by atoms with Gasteiger partial charge in [-0.3, -0.25) is 9.88 Å². The van der Waals surface area contributed by atoms with Gasteiger partial charge in [-0.2, -0.15) is 4.98 Å². The Bertz CT molecular complexity index is 1820. The minimum absolute atomic E-state index is 0.0240. The molecular formula is C32H33F2N7O2. The zero-order valence-corrected chi connectivity index (χ0v) is 24.3. The molecule has 2 bridgehead atoms. The molecule has 5 heterocycles. The summed E-state index contributed by atoms with van der Waals surface area (Å²) in [5, 5.41) is 13.8. The lowest BCUT2D eigenvalue weighted by Gasteiger charge is -2.42. The monoisotopic (exact) mass is 585 g/mol. The first-order valence-electron chi connectivity index (χ1n) is 14.3. The van der Waals surface area contributed by atoms with Crippen LogP contribution < -0.4 is 15.9 Å². The van der Waals surface area contributed by atoms with Crippen molar-refractivity contribution in [2.45, 2.75) is 39.0 Å². The zero-order chi connectivity index (χ0) is 30.4. The number of aromatic nitrogens is 4. The molecule has 0 aliphatic carbocycles. The molecule has 2 aliphatic heterocycles. The van der Waals surface area contributed by atoms with Crippen LogP contribution in [0.1, 0.15) is 37.9 Å². The number of benzene rings is 1. The Labute approximate surface area is 247 Å². The highest BCUT2D eigenvalue weighted by atomic mass is 19.1. The molecule has 0 spiro atoms. The molecule has 2 N–H and O–H groups in total. The number of nitrogens with one attached hydrogen (secondary N) is 1. The maximum absolute atomic E-state index is 16.1. The SMILES string of the molecule is C=CC(O)N1CCN(c2nc(=O)n3c4nc(c(F)cc24)-c2c(F)cccc2NC/C=C/c2ccnc(C(C)C)c2-3)[C@@H](C)C1. The van der Waals surface area contributed by atoms with E-state index in [1.807, 2.05) is 42.7 Å². The first kappa shape index (κ1) is 28.6. The first-order chi connectivity index (χ1) is 20.7. The fraction of sp³-hybridized carbons (Fsp3) is 0.312. The fourth-order valence-corrected chi connectivity index (χ4v) is 5.94. The largest absolute Gasteiger partial charge is 0.381 e. The fourth-order valence-electron chi connectivity index (χ4n) is 5.94. The number of pyridine rings is 2. The normalized spacial score (nSPS) is 18.4. The molecule has 0 saturated carbocycles. The van der Waals surface area contributed by atoms with Gasteiger partial charge in [-0.25, -0.2) is 23.1 Å². The van der Waals surface area contributed by atoms with Crippen LogP contribution in [0.3, 0.4) is 0 Å². The molecule has 6 rings (SSSR count). The Hall–Kier alpha value is -4.48. The lowest BCUT2D eigenvalue weighted by Crippen LogP contribution is -2.55. The predicted octanol–water partition coefficient (Wildman–Crippen LogP) is 4.70. The van der Waals surface area contributed by atoms with Gasteiger partial charge in [0.2, 0.25) is 0 Å². The van der Waals surface area contributed by atoms with Crippen LogP contribution in [0.15, 0.2) is 60.1 Å². The second-order valence-electron chi connectivity index (χ2n) is 11.2. The lowest BCUT2D eigenvalue weighted by atomic mass is 10.0. The number of halogens is 2. The van der Waals surface area contributed by atoms with E-state index in [1.165, 1.54) is 22.8 Å². The van der Waals surface area contributed by atoms with Crippen LogP contribution in [0.25, 0.3) is 34.1 Å². The van der Waals surface area contributed by atoms with Gasteiger partial charge >= 0.3 is 5.69 Å². The summed E-state index contributed by atoms with van der Waals surface area (Å²) < 4.78 is 32.9. The molecule has 1 fully saturated rings. The molecule has 2 atom stereocenters. The Kier molecular flexibility index (Phi) is 7.53. The van der Waals surface area contributed by atoms with Gasteiger partial charge in [-0.05, 0) is 43.2 Å². The van der Waals surface area contributed by atoms with E-state index in [0.717, 1.165) is 0 Å². The molecule has 4 aromatic rings. The third-order valence-corrected chi connectivity index (χ3v) is 8.03. The maximum Gasteiger partial charge on any atom is 0.355 e. The molecule has 3 aromatic heterocycles. The van der Waals surface area contributed by atoms with Crippen LogP contribution in [0.4, 0.5) is 20.3 Å². The Balaban J connectivity index is 1.69. The van der Waals surface area contributed by atoms with E-state index in [2.05, 4.69) is 21.9 Å². The summed E-state index contributed by atoms with van der Waals surface area (Å²) in [7, 11) is 0. The van der Waals surface area contributed by atoms with Crippen molar-refractivity contribution in [1.29, 1.82) is 0 Å². The van der Waals surface area contributed by atoms with Crippen LogP contribution in [0, 0.1) is 11.6 Å². The number of fused-ring (bicyclic) bond motifs is 5. The van der Waals surface area contributed by atoms with Crippen molar-refractivity contribution in [3.63, 3.8) is 0 Å². The van der Waals surface area contributed by atoms with E-state index >= 15 is 8.78 Å². The highest BCUT2D eigenvalue weighted by Gasteiger charge is 2.31. The van der Waals surface area contributed by atoms with Crippen molar-refractivity contribution < 1.29 is 13.9 Å². The number of rotatable bonds is 4. The van der Waals surface area contributed by atoms with E-state index < -0.39 is 23.6 Å². The molecule has 1 saturated heterocycles. The zero-order valence-electron chi connectivity index (χ0n) is 24.3. The smallest absolute Gasteiger partial charge is 0.355 e. The van der Waals surface area contributed by atoms with Gasteiger partial charge in [0.25, 0.3) is 0 Å². The minimum atomic E-state index is -0.808. The Morgan fingerprint density at radius 3 is 2.72 bits per heavy atom. The van der Waals surface area contributed by atoms with Crippen molar-refractivity contribution >= 4 is 28.6 Å². The van der Waals surface area contributed by atoms with Gasteiger partial charge in [0.05, 0.1) is 22.3 Å². The van der Waals surface area contributed by atoms with Crippen LogP contribution in [0.2, 0.25) is 0 Å². The van der Waals surface area contributed by atoms with E-state index in [9.17, 15) is 9.90 Å². The van der Waals surface area contributed by atoms with Crippen molar-refractivity contribution in [3.8, 4) is 16.9 Å². The average molecular weight is 586 g/mol. The lowest BCUT2D eigenvalue weighted by molar-refractivity contribution is 0.0296. The highest BCUT2D eigenvalue weighted by Crippen LogP contribution is 2.37. The van der Waals surface area contributed by atoms with E-state index in [1.54, 1.807) is 24.4 Å². The average Bonchev–Trinajstić information content (AvgIpc) is 2.98. The van der Waals surface area contributed by atoms with E-state index in [0.29, 0.717) is 54.2 Å². The molecule has 9 nitrogen and oxygen atoms in total. The number of hydrogen-bond acceptors (Lipinski definition) is 8. The second kappa shape index (κ2) is 11.3. The Morgan fingerprint density at radius 1 is 1.16 bits per heavy atom. The quantitative estimate of drug-likeness (QED) is 0.333. The number of hydrogen-bond donors (Lipinski definition) is 2. The first-order valence-corrected chi connectivity index (χ1v) is 14.3. The summed E-state index contributed by atoms with van der Waals surface area (Å²) in [6.07, 6.45) is 6.08. The molecule has 222 valence electrons. The van der Waals surface area contributed by atoms with Crippen LogP contribution in [-0.2, 0) is 0 Å². The van der Waals surface area contributed by atoms with Crippen molar-refractivity contribution in [3.05, 3.63) is 88.6 Å². The number of anilines is 2. The molecule has 11 heteroatoms. The number of nitrogens with zero attached hydrogens (tertiary/aromatic N) is 6. The summed E-state index contributed by atoms with van der Waals surface area (Å²) in [5.74, 6) is -1.18. The second-order valence-corrected chi connectivity index (χ2v) is 11.2. The van der Waals surface area contributed by atoms with Gasteiger partial charge in [0.1, 0.15) is 23.6 Å². The van der Waals surface area contributed by atoms with Crippen LogP contribution >= 0.6 is 0 Å². The molecule has 2 aliphatic rings. The standard InChI is InChI=1S/C32H33F2N7O2/c1-5-25(42)39-14-15-40(19(4)17-39)30-21-16-23(34)28-26-22(33)9-6-10-24(26)35-12-7-8-20-11-13-36-27(18(2)3)29(20)41(31(21)37-28)32(43)38-30/h5-11,13,16,18-19,25,35,42H,1,12,14-15,17H2,2-4H3/b8-7+/t19-,25?/m0/s1. The summed E-state index contributed by atoms with van der Waals surface area (Å²) in [5.41, 5.74) is 1.52. The molecule has 1 aromatic carbocycles. The molecule has 43 heavy (non-hydrogen) atoms. The summed E-state index contributed by atoms with van der Waals surface area (Å²) >= 11 is 0. The van der Waals surface area contributed by atoms with Gasteiger partial charge in [-0.1, -0.05) is 38.6 Å².